The van der Waals surface area contributed by atoms with Gasteiger partial charge in [-0.1, -0.05) is 0 Å². The van der Waals surface area contributed by atoms with Gasteiger partial charge in [-0.15, -0.1) is 0 Å². The molecule has 0 bridgehead atoms. The number of rotatable bonds is 3. The maximum absolute atomic E-state index is 12.5. The lowest BCUT2D eigenvalue weighted by Gasteiger charge is -2.30. The monoisotopic (exact) mass is 333 g/mol. The highest BCUT2D eigenvalue weighted by Crippen LogP contribution is 2.25. The first-order valence-electron chi connectivity index (χ1n) is 8.09. The van der Waals surface area contributed by atoms with Gasteiger partial charge < -0.3 is 19.5 Å². The largest absolute Gasteiger partial charge is 0.465 e. The van der Waals surface area contributed by atoms with Crippen molar-refractivity contribution in [1.82, 2.24) is 19.0 Å². The SMILES string of the molecule is CN(C)c1nc(=O)n(CC2CCN(C(=O)O)CC2)c2ccn(C)c12. The lowest BCUT2D eigenvalue weighted by molar-refractivity contribution is 0.121. The van der Waals surface area contributed by atoms with Gasteiger partial charge in [0.15, 0.2) is 5.82 Å². The maximum atomic E-state index is 12.5. The molecule has 1 fully saturated rings. The quantitative estimate of drug-likeness (QED) is 0.912. The number of likely N-dealkylation sites (tertiary alicyclic amines) is 1. The number of amides is 1. The van der Waals surface area contributed by atoms with E-state index in [1.54, 1.807) is 4.57 Å². The molecule has 1 saturated heterocycles. The molecule has 1 amide bonds. The van der Waals surface area contributed by atoms with Crippen LogP contribution in [0.2, 0.25) is 0 Å². The van der Waals surface area contributed by atoms with E-state index in [4.69, 9.17) is 5.11 Å². The second kappa shape index (κ2) is 6.18. The Labute approximate surface area is 139 Å². The summed E-state index contributed by atoms with van der Waals surface area (Å²) in [6.45, 7) is 1.62. The molecule has 0 atom stereocenters. The van der Waals surface area contributed by atoms with Crippen LogP contribution in [0.4, 0.5) is 10.6 Å². The number of nitrogens with zero attached hydrogens (tertiary/aromatic N) is 5. The zero-order chi connectivity index (χ0) is 17.4. The summed E-state index contributed by atoms with van der Waals surface area (Å²) in [5.41, 5.74) is 1.56. The first-order chi connectivity index (χ1) is 11.4. The third kappa shape index (κ3) is 2.83. The van der Waals surface area contributed by atoms with Crippen LogP contribution >= 0.6 is 0 Å². The fourth-order valence-electron chi connectivity index (χ4n) is 3.37. The number of carboxylic acid groups (broad SMARTS) is 1. The summed E-state index contributed by atoms with van der Waals surface area (Å²) in [7, 11) is 5.69. The number of anilines is 1. The standard InChI is InChI=1S/C16H23N5O3/c1-18(2)14-13-12(6-7-19(13)3)21(15(22)17-14)10-11-4-8-20(9-5-11)16(23)24/h6-7,11H,4-5,8-10H2,1-3H3,(H,23,24). The summed E-state index contributed by atoms with van der Waals surface area (Å²) in [6, 6.07) is 1.94. The molecule has 3 rings (SSSR count). The van der Waals surface area contributed by atoms with Gasteiger partial charge in [-0.05, 0) is 24.8 Å². The summed E-state index contributed by atoms with van der Waals surface area (Å²) < 4.78 is 3.70. The molecule has 0 saturated carbocycles. The van der Waals surface area contributed by atoms with Crippen LogP contribution in [0.25, 0.3) is 11.0 Å². The van der Waals surface area contributed by atoms with Gasteiger partial charge in [-0.3, -0.25) is 4.57 Å². The molecule has 0 spiro atoms. The Bertz CT molecular complexity index is 815. The third-order valence-electron chi connectivity index (χ3n) is 4.74. The summed E-state index contributed by atoms with van der Waals surface area (Å²) >= 11 is 0. The summed E-state index contributed by atoms with van der Waals surface area (Å²) in [5.74, 6) is 0.952. The van der Waals surface area contributed by atoms with Gasteiger partial charge in [-0.25, -0.2) is 9.59 Å². The molecule has 0 radical (unpaired) electrons. The summed E-state index contributed by atoms with van der Waals surface area (Å²) in [6.07, 6.45) is 2.60. The van der Waals surface area contributed by atoms with E-state index in [0.29, 0.717) is 25.5 Å². The van der Waals surface area contributed by atoms with Crippen molar-refractivity contribution in [2.45, 2.75) is 19.4 Å². The first kappa shape index (κ1) is 16.4. The molecule has 1 N–H and O–H groups in total. The maximum Gasteiger partial charge on any atom is 0.407 e. The van der Waals surface area contributed by atoms with Crippen LogP contribution in [0.15, 0.2) is 17.1 Å². The van der Waals surface area contributed by atoms with Crippen LogP contribution in [0.3, 0.4) is 0 Å². The lowest BCUT2D eigenvalue weighted by atomic mass is 9.97. The number of aryl methyl sites for hydroxylation is 1. The van der Waals surface area contributed by atoms with Gasteiger partial charge in [0.1, 0.15) is 5.52 Å². The topological polar surface area (TPSA) is 83.6 Å². The van der Waals surface area contributed by atoms with Crippen LogP contribution in [-0.4, -0.2) is 57.4 Å². The second-order valence-electron chi connectivity index (χ2n) is 6.60. The highest BCUT2D eigenvalue weighted by Gasteiger charge is 2.24. The number of piperidine rings is 1. The van der Waals surface area contributed by atoms with Gasteiger partial charge in [0, 0.05) is 47.0 Å². The van der Waals surface area contributed by atoms with Crippen LogP contribution in [-0.2, 0) is 13.6 Å². The van der Waals surface area contributed by atoms with Crippen LogP contribution in [0.5, 0.6) is 0 Å². The molecule has 2 aromatic rings. The third-order valence-corrected chi connectivity index (χ3v) is 4.74. The highest BCUT2D eigenvalue weighted by atomic mass is 16.4. The van der Waals surface area contributed by atoms with Gasteiger partial charge in [0.05, 0.1) is 5.52 Å². The Hall–Kier alpha value is -2.51. The van der Waals surface area contributed by atoms with E-state index < -0.39 is 6.09 Å². The van der Waals surface area contributed by atoms with E-state index >= 15 is 0 Å². The van der Waals surface area contributed by atoms with E-state index in [1.807, 2.05) is 42.9 Å². The number of fused-ring (bicyclic) bond motifs is 1. The summed E-state index contributed by atoms with van der Waals surface area (Å²) in [5, 5.41) is 9.04. The predicted octanol–water partition coefficient (Wildman–Crippen LogP) is 1.19. The molecule has 24 heavy (non-hydrogen) atoms. The molecule has 0 unspecified atom stereocenters. The Kier molecular flexibility index (Phi) is 4.21. The van der Waals surface area contributed by atoms with Crippen molar-refractivity contribution in [3.63, 3.8) is 0 Å². The Morgan fingerprint density at radius 1 is 1.38 bits per heavy atom. The highest BCUT2D eigenvalue weighted by molar-refractivity contribution is 5.87. The smallest absolute Gasteiger partial charge is 0.407 e. The van der Waals surface area contributed by atoms with Gasteiger partial charge >= 0.3 is 11.8 Å². The van der Waals surface area contributed by atoms with E-state index in [-0.39, 0.29) is 11.6 Å². The number of hydrogen-bond donors (Lipinski definition) is 1. The average Bonchev–Trinajstić information content (AvgIpc) is 2.92. The first-order valence-corrected chi connectivity index (χ1v) is 8.09. The lowest BCUT2D eigenvalue weighted by Crippen LogP contribution is -2.39. The van der Waals surface area contributed by atoms with Crippen LogP contribution < -0.4 is 10.6 Å². The zero-order valence-corrected chi connectivity index (χ0v) is 14.3. The van der Waals surface area contributed by atoms with Crippen molar-refractivity contribution in [2.24, 2.45) is 13.0 Å². The number of aromatic nitrogens is 3. The fourth-order valence-corrected chi connectivity index (χ4v) is 3.37. The Morgan fingerprint density at radius 2 is 2.04 bits per heavy atom. The van der Waals surface area contributed by atoms with Crippen molar-refractivity contribution in [3.8, 4) is 0 Å². The van der Waals surface area contributed by atoms with Crippen molar-refractivity contribution in [3.05, 3.63) is 22.7 Å². The minimum absolute atomic E-state index is 0.252. The fraction of sp³-hybridized carbons (Fsp3) is 0.562. The van der Waals surface area contributed by atoms with Crippen molar-refractivity contribution in [2.75, 3.05) is 32.1 Å². The number of carbonyl (C=O) groups is 1. The van der Waals surface area contributed by atoms with E-state index in [1.165, 1.54) is 4.90 Å². The van der Waals surface area contributed by atoms with Crippen LogP contribution in [0.1, 0.15) is 12.8 Å². The van der Waals surface area contributed by atoms with Crippen molar-refractivity contribution >= 4 is 22.9 Å². The molecule has 0 aliphatic carbocycles. The predicted molar refractivity (Wildman–Crippen MR) is 91.6 cm³/mol. The Morgan fingerprint density at radius 3 is 2.62 bits per heavy atom. The molecule has 0 aromatic carbocycles. The molecule has 2 aromatic heterocycles. The number of hydrogen-bond acceptors (Lipinski definition) is 4. The second-order valence-corrected chi connectivity index (χ2v) is 6.60. The molecule has 8 nitrogen and oxygen atoms in total. The minimum Gasteiger partial charge on any atom is -0.465 e. The molecular weight excluding hydrogens is 310 g/mol. The molecule has 1 aliphatic rings. The van der Waals surface area contributed by atoms with Gasteiger partial charge in [0.25, 0.3) is 0 Å². The van der Waals surface area contributed by atoms with Gasteiger partial charge in [0.2, 0.25) is 0 Å². The normalized spacial score (nSPS) is 15.9. The van der Waals surface area contributed by atoms with Crippen molar-refractivity contribution < 1.29 is 9.90 Å². The Balaban J connectivity index is 1.91. The molecular formula is C16H23N5O3. The molecule has 130 valence electrons. The zero-order valence-electron chi connectivity index (χ0n) is 14.3. The minimum atomic E-state index is -0.868. The van der Waals surface area contributed by atoms with E-state index in [0.717, 1.165) is 23.9 Å². The molecule has 3 heterocycles. The van der Waals surface area contributed by atoms with Crippen molar-refractivity contribution in [1.29, 1.82) is 0 Å². The van der Waals surface area contributed by atoms with E-state index in [2.05, 4.69) is 4.98 Å². The van der Waals surface area contributed by atoms with Gasteiger partial charge in [-0.2, -0.15) is 4.98 Å². The summed E-state index contributed by atoms with van der Waals surface area (Å²) in [4.78, 5) is 31.1. The van der Waals surface area contributed by atoms with Crippen LogP contribution in [0, 0.1) is 5.92 Å². The average molecular weight is 333 g/mol. The molecule has 8 heteroatoms. The van der Waals surface area contributed by atoms with E-state index in [9.17, 15) is 9.59 Å². The molecule has 1 aliphatic heterocycles.